The van der Waals surface area contributed by atoms with Gasteiger partial charge in [-0.05, 0) is 78.4 Å². The van der Waals surface area contributed by atoms with Crippen LogP contribution in [0.4, 0.5) is 18.9 Å². The number of pyridine rings is 1. The first-order chi connectivity index (χ1) is 20.0. The molecule has 3 atom stereocenters. The average Bonchev–Trinajstić information content (AvgIpc) is 3.26. The van der Waals surface area contributed by atoms with Gasteiger partial charge in [-0.2, -0.15) is 0 Å². The number of hydrogen-bond donors (Lipinski definition) is 4. The van der Waals surface area contributed by atoms with Crippen molar-refractivity contribution in [2.24, 2.45) is 5.73 Å². The molecule has 0 saturated carbocycles. The average molecular weight is 575 g/mol. The summed E-state index contributed by atoms with van der Waals surface area (Å²) in [5, 5.41) is 17.3. The molecule has 0 saturated heterocycles. The van der Waals surface area contributed by atoms with Crippen molar-refractivity contribution in [3.05, 3.63) is 118 Å². The van der Waals surface area contributed by atoms with Gasteiger partial charge in [0.15, 0.2) is 0 Å². The summed E-state index contributed by atoms with van der Waals surface area (Å²) in [5.74, 6) is -4.12. The Morgan fingerprint density at radius 2 is 1.76 bits per heavy atom. The zero-order valence-corrected chi connectivity index (χ0v) is 22.9. The summed E-state index contributed by atoms with van der Waals surface area (Å²) in [7, 11) is 0. The van der Waals surface area contributed by atoms with Crippen molar-refractivity contribution in [1.82, 2.24) is 10.3 Å². The fraction of sp³-hybridized carbons (Fsp3) is 0.219. The predicted molar refractivity (Wildman–Crippen MR) is 152 cm³/mol. The van der Waals surface area contributed by atoms with Crippen LogP contribution in [0.15, 0.2) is 66.9 Å². The number of halogens is 3. The van der Waals surface area contributed by atoms with Gasteiger partial charge < -0.3 is 16.2 Å². The van der Waals surface area contributed by atoms with Crippen LogP contribution in [0, 0.1) is 31.3 Å². The number of aryl methyl sites for hydroxylation is 2. The molecule has 3 aromatic carbocycles. The number of primary amides is 1. The van der Waals surface area contributed by atoms with Crippen LogP contribution >= 0.6 is 0 Å². The zero-order chi connectivity index (χ0) is 30.1. The molecule has 5 N–H and O–H groups in total. The Hall–Kier alpha value is -4.54. The van der Waals surface area contributed by atoms with Crippen molar-refractivity contribution in [3.63, 3.8) is 0 Å². The predicted octanol–water partition coefficient (Wildman–Crippen LogP) is 5.20. The third-order valence-corrected chi connectivity index (χ3v) is 7.51. The van der Waals surface area contributed by atoms with Crippen LogP contribution in [0.25, 0.3) is 11.1 Å². The first-order valence-corrected chi connectivity index (χ1v) is 13.4. The number of aliphatic hydroxyl groups excluding tert-OH is 1. The largest absolute Gasteiger partial charge is 0.379 e. The molecule has 1 aliphatic heterocycles. The maximum atomic E-state index is 14.2. The molecule has 1 aromatic heterocycles. The first kappa shape index (κ1) is 29.0. The second-order valence-electron chi connectivity index (χ2n) is 10.5. The van der Waals surface area contributed by atoms with Crippen molar-refractivity contribution in [1.29, 1.82) is 0 Å². The fourth-order valence-electron chi connectivity index (χ4n) is 5.56. The molecule has 2 amide bonds. The van der Waals surface area contributed by atoms with Crippen LogP contribution in [0.2, 0.25) is 0 Å². The molecule has 4 aromatic rings. The molecule has 0 radical (unpaired) electrons. The van der Waals surface area contributed by atoms with Crippen LogP contribution in [0.5, 0.6) is 0 Å². The lowest BCUT2D eigenvalue weighted by Gasteiger charge is -2.26. The summed E-state index contributed by atoms with van der Waals surface area (Å²) in [5.41, 5.74) is 9.98. The maximum Gasteiger partial charge on any atom is 0.251 e. The van der Waals surface area contributed by atoms with E-state index < -0.39 is 41.5 Å². The lowest BCUT2D eigenvalue weighted by Crippen LogP contribution is -2.36. The topological polar surface area (TPSA) is 117 Å². The number of amides is 2. The minimum Gasteiger partial charge on any atom is -0.379 e. The first-order valence-electron chi connectivity index (χ1n) is 13.4. The highest BCUT2D eigenvalue weighted by atomic mass is 19.1. The number of rotatable bonds is 9. The summed E-state index contributed by atoms with van der Waals surface area (Å²) < 4.78 is 42.5. The second-order valence-corrected chi connectivity index (χ2v) is 10.5. The Balaban J connectivity index is 1.52. The molecule has 5 rings (SSSR count). The van der Waals surface area contributed by atoms with Gasteiger partial charge in [-0.25, -0.2) is 13.2 Å². The Bertz CT molecular complexity index is 1670. The minimum absolute atomic E-state index is 0.00517. The highest BCUT2D eigenvalue weighted by molar-refractivity contribution is 6.04. The van der Waals surface area contributed by atoms with Crippen molar-refractivity contribution >= 4 is 17.5 Å². The number of carbonyl (C=O) groups is 2. The van der Waals surface area contributed by atoms with Crippen LogP contribution < -0.4 is 16.4 Å². The number of nitrogens with zero attached hydrogens (tertiary/aromatic N) is 1. The van der Waals surface area contributed by atoms with Gasteiger partial charge in [-0.15, -0.1) is 0 Å². The summed E-state index contributed by atoms with van der Waals surface area (Å²) in [6.45, 7) is 3.79. The van der Waals surface area contributed by atoms with Crippen LogP contribution in [0.3, 0.4) is 0 Å². The highest BCUT2D eigenvalue weighted by Gasteiger charge is 2.35. The quantitative estimate of drug-likeness (QED) is 0.205. The van der Waals surface area contributed by atoms with E-state index in [-0.39, 0.29) is 24.3 Å². The van der Waals surface area contributed by atoms with Gasteiger partial charge in [0, 0.05) is 29.9 Å². The molecule has 0 aliphatic carbocycles. The van der Waals surface area contributed by atoms with Gasteiger partial charge in [-0.3, -0.25) is 19.9 Å². The van der Waals surface area contributed by atoms with Gasteiger partial charge >= 0.3 is 0 Å². The van der Waals surface area contributed by atoms with Crippen molar-refractivity contribution in [3.8, 4) is 11.1 Å². The SMILES string of the molecule is Cc1ccc(C)c2c1NC(=O)C2CC(O)N[C@@H](Cc1cc(F)cc(F)c1)c1ncccc1-c1ccc(F)c(C(N)=O)c1. The Morgan fingerprint density at radius 3 is 2.48 bits per heavy atom. The third-order valence-electron chi connectivity index (χ3n) is 7.51. The van der Waals surface area contributed by atoms with Crippen LogP contribution in [0.1, 0.15) is 56.7 Å². The van der Waals surface area contributed by atoms with E-state index in [1.54, 1.807) is 12.1 Å². The normalized spacial score (nSPS) is 15.7. The molecule has 0 bridgehead atoms. The molecular formula is C32H29F3N4O3. The molecule has 2 heterocycles. The van der Waals surface area contributed by atoms with E-state index in [0.29, 0.717) is 22.4 Å². The van der Waals surface area contributed by atoms with Crippen molar-refractivity contribution in [2.45, 2.75) is 44.9 Å². The molecule has 42 heavy (non-hydrogen) atoms. The molecule has 7 nitrogen and oxygen atoms in total. The smallest absolute Gasteiger partial charge is 0.251 e. The van der Waals surface area contributed by atoms with Gasteiger partial charge in [0.1, 0.15) is 23.7 Å². The number of aliphatic hydroxyl groups is 1. The molecule has 0 spiro atoms. The molecule has 0 fully saturated rings. The summed E-state index contributed by atoms with van der Waals surface area (Å²) in [6, 6.07) is 13.4. The van der Waals surface area contributed by atoms with E-state index in [1.807, 2.05) is 26.0 Å². The zero-order valence-electron chi connectivity index (χ0n) is 22.9. The molecular weight excluding hydrogens is 545 g/mol. The third kappa shape index (κ3) is 5.90. The van der Waals surface area contributed by atoms with Crippen LogP contribution in [-0.4, -0.2) is 28.1 Å². The lowest BCUT2D eigenvalue weighted by atomic mass is 9.90. The molecule has 1 aliphatic rings. The summed E-state index contributed by atoms with van der Waals surface area (Å²) >= 11 is 0. The van der Waals surface area contributed by atoms with Gasteiger partial charge in [-0.1, -0.05) is 24.3 Å². The van der Waals surface area contributed by atoms with Crippen LogP contribution in [-0.2, 0) is 11.2 Å². The van der Waals surface area contributed by atoms with E-state index in [4.69, 9.17) is 5.73 Å². The van der Waals surface area contributed by atoms with E-state index >= 15 is 0 Å². The number of nitrogens with two attached hydrogens (primary N) is 1. The van der Waals surface area contributed by atoms with E-state index in [9.17, 15) is 27.9 Å². The van der Waals surface area contributed by atoms with E-state index in [2.05, 4.69) is 15.6 Å². The number of nitrogens with one attached hydrogen (secondary N) is 2. The lowest BCUT2D eigenvalue weighted by molar-refractivity contribution is -0.117. The fourth-order valence-corrected chi connectivity index (χ4v) is 5.56. The molecule has 10 heteroatoms. The number of anilines is 1. The van der Waals surface area contributed by atoms with Crippen molar-refractivity contribution < 1.29 is 27.9 Å². The van der Waals surface area contributed by atoms with Gasteiger partial charge in [0.05, 0.1) is 23.2 Å². The standard InChI is InChI=1S/C32H29F3N4O3/c1-16-5-6-17(2)29-28(16)24(32(42)39-29)15-27(40)38-26(12-18-10-20(33)14-21(34)11-18)30-22(4-3-9-37-30)19-7-8-25(35)23(13-19)31(36)41/h3-11,13-14,24,26-27,38,40H,12,15H2,1-2H3,(H2,36,41)(H,39,42)/t24?,26-,27?/m0/s1. The Morgan fingerprint density at radius 1 is 1.05 bits per heavy atom. The van der Waals surface area contributed by atoms with E-state index in [1.165, 1.54) is 30.5 Å². The Labute approximate surface area is 240 Å². The second kappa shape index (κ2) is 11.8. The minimum atomic E-state index is -1.24. The molecule has 216 valence electrons. The number of aromatic nitrogens is 1. The maximum absolute atomic E-state index is 14.2. The monoisotopic (exact) mass is 574 g/mol. The summed E-state index contributed by atoms with van der Waals surface area (Å²) in [4.78, 5) is 29.3. The number of hydrogen-bond acceptors (Lipinski definition) is 5. The van der Waals surface area contributed by atoms with Crippen molar-refractivity contribution in [2.75, 3.05) is 5.32 Å². The number of carbonyl (C=O) groups excluding carboxylic acids is 2. The molecule has 2 unspecified atom stereocenters. The summed E-state index contributed by atoms with van der Waals surface area (Å²) in [6.07, 6.45) is 0.295. The number of benzene rings is 3. The number of fused-ring (bicyclic) bond motifs is 1. The van der Waals surface area contributed by atoms with Gasteiger partial charge in [0.25, 0.3) is 5.91 Å². The van der Waals surface area contributed by atoms with E-state index in [0.717, 1.165) is 34.5 Å². The van der Waals surface area contributed by atoms with Gasteiger partial charge in [0.2, 0.25) is 5.91 Å². The Kier molecular flexibility index (Phi) is 8.11. The highest BCUT2D eigenvalue weighted by Crippen LogP contribution is 2.40.